The van der Waals surface area contributed by atoms with Crippen LogP contribution >= 0.6 is 0 Å². The van der Waals surface area contributed by atoms with E-state index in [2.05, 4.69) is 29.3 Å². The van der Waals surface area contributed by atoms with E-state index in [-0.39, 0.29) is 23.8 Å². The number of rotatable bonds is 4. The van der Waals surface area contributed by atoms with Crippen LogP contribution in [0.15, 0.2) is 12.1 Å². The predicted molar refractivity (Wildman–Crippen MR) is 102 cm³/mol. The number of nitrogens with zero attached hydrogens (tertiary/aromatic N) is 2. The van der Waals surface area contributed by atoms with Crippen molar-refractivity contribution in [3.8, 4) is 0 Å². The van der Waals surface area contributed by atoms with Gasteiger partial charge >= 0.3 is 0 Å². The molecule has 138 valence electrons. The van der Waals surface area contributed by atoms with Gasteiger partial charge in [0, 0.05) is 26.3 Å². The number of amides is 2. The average Bonchev–Trinajstić information content (AvgIpc) is 2.56. The van der Waals surface area contributed by atoms with E-state index in [1.807, 2.05) is 20.8 Å². The lowest BCUT2D eigenvalue weighted by Crippen LogP contribution is -2.49. The van der Waals surface area contributed by atoms with Crippen LogP contribution in [0.4, 0.5) is 5.69 Å². The molecular formula is C20H31N3O2. The maximum atomic E-state index is 12.8. The van der Waals surface area contributed by atoms with Gasteiger partial charge in [0.2, 0.25) is 11.8 Å². The molecule has 1 aromatic rings. The van der Waals surface area contributed by atoms with Gasteiger partial charge in [0.15, 0.2) is 0 Å². The lowest BCUT2D eigenvalue weighted by Gasteiger charge is -2.36. The van der Waals surface area contributed by atoms with Gasteiger partial charge in [-0.15, -0.1) is 0 Å². The van der Waals surface area contributed by atoms with Gasteiger partial charge in [0.1, 0.15) is 0 Å². The molecule has 0 bridgehead atoms. The third-order valence-electron chi connectivity index (χ3n) is 5.10. The maximum absolute atomic E-state index is 12.8. The Morgan fingerprint density at radius 3 is 2.36 bits per heavy atom. The Morgan fingerprint density at radius 1 is 1.20 bits per heavy atom. The standard InChI is InChI=1S/C20H31N3O2/c1-13-10-14(2)18(15(3)11-13)21-19(24)16(4)23-9-7-8-17(12-23)20(25)22(5)6/h10-11,16-17H,7-9,12H2,1-6H3,(H,21,24). The highest BCUT2D eigenvalue weighted by Gasteiger charge is 2.31. The highest BCUT2D eigenvalue weighted by Crippen LogP contribution is 2.24. The van der Waals surface area contributed by atoms with Gasteiger partial charge in [0.05, 0.1) is 12.0 Å². The number of carbonyl (C=O) groups is 2. The number of hydrogen-bond donors (Lipinski definition) is 1. The number of piperidine rings is 1. The van der Waals surface area contributed by atoms with Crippen molar-refractivity contribution in [1.29, 1.82) is 0 Å². The average molecular weight is 345 g/mol. The van der Waals surface area contributed by atoms with Crippen LogP contribution in [-0.4, -0.2) is 54.8 Å². The number of carbonyl (C=O) groups excluding carboxylic acids is 2. The highest BCUT2D eigenvalue weighted by molar-refractivity contribution is 5.96. The Bertz CT molecular complexity index is 631. The maximum Gasteiger partial charge on any atom is 0.241 e. The molecule has 1 aliphatic rings. The van der Waals surface area contributed by atoms with Gasteiger partial charge in [-0.25, -0.2) is 0 Å². The summed E-state index contributed by atoms with van der Waals surface area (Å²) in [5.74, 6) is 0.136. The van der Waals surface area contributed by atoms with Crippen LogP contribution in [0.5, 0.6) is 0 Å². The van der Waals surface area contributed by atoms with Crippen molar-refractivity contribution in [3.05, 3.63) is 28.8 Å². The third kappa shape index (κ3) is 4.60. The van der Waals surface area contributed by atoms with Crippen LogP contribution < -0.4 is 5.32 Å². The van der Waals surface area contributed by atoms with Crippen LogP contribution in [0.1, 0.15) is 36.5 Å². The molecule has 1 aromatic carbocycles. The Kier molecular flexibility index (Phi) is 6.22. The molecule has 1 N–H and O–H groups in total. The van der Waals surface area contributed by atoms with Crippen LogP contribution in [0.3, 0.4) is 0 Å². The molecule has 2 rings (SSSR count). The number of aryl methyl sites for hydroxylation is 3. The second-order valence-corrected chi connectivity index (χ2v) is 7.51. The molecule has 1 saturated heterocycles. The summed E-state index contributed by atoms with van der Waals surface area (Å²) in [4.78, 5) is 28.8. The Balaban J connectivity index is 2.06. The number of benzene rings is 1. The third-order valence-corrected chi connectivity index (χ3v) is 5.10. The number of likely N-dealkylation sites (tertiary alicyclic amines) is 1. The lowest BCUT2D eigenvalue weighted by molar-refractivity contribution is -0.136. The molecule has 1 fully saturated rings. The minimum Gasteiger partial charge on any atom is -0.349 e. The normalized spacial score (nSPS) is 19.4. The molecule has 0 spiro atoms. The van der Waals surface area contributed by atoms with Crippen molar-refractivity contribution in [2.45, 2.75) is 46.6 Å². The van der Waals surface area contributed by atoms with Crippen molar-refractivity contribution in [1.82, 2.24) is 9.80 Å². The van der Waals surface area contributed by atoms with E-state index in [1.54, 1.807) is 19.0 Å². The van der Waals surface area contributed by atoms with Crippen molar-refractivity contribution in [2.75, 3.05) is 32.5 Å². The minimum absolute atomic E-state index is 0.00648. The van der Waals surface area contributed by atoms with Crippen molar-refractivity contribution >= 4 is 17.5 Å². The fourth-order valence-corrected chi connectivity index (χ4v) is 3.70. The summed E-state index contributed by atoms with van der Waals surface area (Å²) in [5.41, 5.74) is 4.26. The zero-order valence-corrected chi connectivity index (χ0v) is 16.3. The summed E-state index contributed by atoms with van der Waals surface area (Å²) >= 11 is 0. The number of nitrogens with one attached hydrogen (secondary N) is 1. The molecular weight excluding hydrogens is 314 g/mol. The van der Waals surface area contributed by atoms with E-state index >= 15 is 0 Å². The van der Waals surface area contributed by atoms with E-state index < -0.39 is 0 Å². The monoisotopic (exact) mass is 345 g/mol. The SMILES string of the molecule is Cc1cc(C)c(NC(=O)C(C)N2CCCC(C(=O)N(C)C)C2)c(C)c1. The largest absolute Gasteiger partial charge is 0.349 e. The topological polar surface area (TPSA) is 52.7 Å². The molecule has 2 atom stereocenters. The minimum atomic E-state index is -0.252. The molecule has 2 unspecified atom stereocenters. The first-order valence-electron chi connectivity index (χ1n) is 9.04. The fraction of sp³-hybridized carbons (Fsp3) is 0.600. The summed E-state index contributed by atoms with van der Waals surface area (Å²) in [6.45, 7) is 9.54. The first-order chi connectivity index (χ1) is 11.7. The zero-order chi connectivity index (χ0) is 18.7. The van der Waals surface area contributed by atoms with Crippen molar-refractivity contribution in [2.24, 2.45) is 5.92 Å². The smallest absolute Gasteiger partial charge is 0.241 e. The molecule has 1 heterocycles. The summed E-state index contributed by atoms with van der Waals surface area (Å²) in [7, 11) is 3.58. The van der Waals surface area contributed by atoms with Gasteiger partial charge in [-0.2, -0.15) is 0 Å². The molecule has 5 heteroatoms. The summed E-state index contributed by atoms with van der Waals surface area (Å²) in [6, 6.07) is 3.91. The van der Waals surface area contributed by atoms with Crippen LogP contribution in [0.25, 0.3) is 0 Å². The molecule has 0 aliphatic carbocycles. The Labute approximate surface area is 151 Å². The molecule has 25 heavy (non-hydrogen) atoms. The zero-order valence-electron chi connectivity index (χ0n) is 16.3. The summed E-state index contributed by atoms with van der Waals surface area (Å²) in [6.07, 6.45) is 1.85. The van der Waals surface area contributed by atoms with Gasteiger partial charge in [-0.1, -0.05) is 17.7 Å². The second-order valence-electron chi connectivity index (χ2n) is 7.51. The van der Waals surface area contributed by atoms with Crippen LogP contribution in [0, 0.1) is 26.7 Å². The van der Waals surface area contributed by atoms with E-state index in [0.717, 1.165) is 36.2 Å². The predicted octanol–water partition coefficient (Wildman–Crippen LogP) is 2.74. The molecule has 0 saturated carbocycles. The Morgan fingerprint density at radius 2 is 1.80 bits per heavy atom. The lowest BCUT2D eigenvalue weighted by atomic mass is 9.95. The van der Waals surface area contributed by atoms with Gasteiger partial charge < -0.3 is 10.2 Å². The van der Waals surface area contributed by atoms with Gasteiger partial charge in [0.25, 0.3) is 0 Å². The quantitative estimate of drug-likeness (QED) is 0.913. The Hall–Kier alpha value is -1.88. The first-order valence-corrected chi connectivity index (χ1v) is 9.04. The summed E-state index contributed by atoms with van der Waals surface area (Å²) < 4.78 is 0. The number of anilines is 1. The molecule has 1 aliphatic heterocycles. The number of hydrogen-bond acceptors (Lipinski definition) is 3. The molecule has 0 aromatic heterocycles. The highest BCUT2D eigenvalue weighted by atomic mass is 16.2. The van der Waals surface area contributed by atoms with Crippen LogP contribution in [0.2, 0.25) is 0 Å². The summed E-state index contributed by atoms with van der Waals surface area (Å²) in [5, 5.41) is 3.09. The molecule has 2 amide bonds. The fourth-order valence-electron chi connectivity index (χ4n) is 3.70. The first kappa shape index (κ1) is 19.4. The second kappa shape index (κ2) is 8.00. The van der Waals surface area contributed by atoms with E-state index in [9.17, 15) is 9.59 Å². The van der Waals surface area contributed by atoms with Crippen molar-refractivity contribution < 1.29 is 9.59 Å². The van der Waals surface area contributed by atoms with Gasteiger partial charge in [-0.3, -0.25) is 14.5 Å². The van der Waals surface area contributed by atoms with Crippen molar-refractivity contribution in [3.63, 3.8) is 0 Å². The molecule has 5 nitrogen and oxygen atoms in total. The van der Waals surface area contributed by atoms with Gasteiger partial charge in [-0.05, 0) is 58.2 Å². The van der Waals surface area contributed by atoms with E-state index in [1.165, 1.54) is 5.56 Å². The van der Waals surface area contributed by atoms with Crippen LogP contribution in [-0.2, 0) is 9.59 Å². The van der Waals surface area contributed by atoms with E-state index in [0.29, 0.717) is 6.54 Å². The molecule has 0 radical (unpaired) electrons. The van der Waals surface area contributed by atoms with E-state index in [4.69, 9.17) is 0 Å².